The molecule has 1 heterocycles. The smallest absolute Gasteiger partial charge is 0.240 e. The predicted octanol–water partition coefficient (Wildman–Crippen LogP) is 2.48. The normalized spacial score (nSPS) is 20.2. The molecule has 1 aliphatic rings. The van der Waals surface area contributed by atoms with E-state index in [1.807, 2.05) is 24.8 Å². The molecule has 1 amide bonds. The summed E-state index contributed by atoms with van der Waals surface area (Å²) in [5, 5.41) is 0. The van der Waals surface area contributed by atoms with Gasteiger partial charge in [0.05, 0.1) is 6.04 Å². The van der Waals surface area contributed by atoms with Gasteiger partial charge in [0.15, 0.2) is 0 Å². The second-order valence-electron chi connectivity index (χ2n) is 7.27. The third-order valence-corrected chi connectivity index (χ3v) is 4.70. The second kappa shape index (κ2) is 7.93. The van der Waals surface area contributed by atoms with Crippen molar-refractivity contribution in [3.8, 4) is 0 Å². The van der Waals surface area contributed by atoms with Crippen LogP contribution >= 0.6 is 0 Å². The van der Waals surface area contributed by atoms with Gasteiger partial charge in [-0.1, -0.05) is 44.2 Å². The van der Waals surface area contributed by atoms with Gasteiger partial charge in [-0.15, -0.1) is 0 Å². The number of rotatable bonds is 6. The molecule has 4 nitrogen and oxygen atoms in total. The minimum atomic E-state index is -0.402. The Labute approximate surface area is 140 Å². The lowest BCUT2D eigenvalue weighted by molar-refractivity contribution is -0.137. The summed E-state index contributed by atoms with van der Waals surface area (Å²) in [5.41, 5.74) is 7.45. The first-order valence-corrected chi connectivity index (χ1v) is 8.74. The standard InChI is InChI=1S/C19H31N3O/c1-14(2)18(20)19(23)22(15(3)4)17-10-11-21(13-17)12-16-8-6-5-7-9-16/h5-9,14-15,17-18H,10-13,20H2,1-4H3. The van der Waals surface area contributed by atoms with Crippen LogP contribution in [0.5, 0.6) is 0 Å². The van der Waals surface area contributed by atoms with Gasteiger partial charge in [0, 0.05) is 31.7 Å². The van der Waals surface area contributed by atoms with Crippen LogP contribution in [-0.2, 0) is 11.3 Å². The van der Waals surface area contributed by atoms with E-state index in [-0.39, 0.29) is 23.9 Å². The highest BCUT2D eigenvalue weighted by Crippen LogP contribution is 2.21. The molecule has 0 spiro atoms. The van der Waals surface area contributed by atoms with Gasteiger partial charge in [-0.3, -0.25) is 9.69 Å². The van der Waals surface area contributed by atoms with E-state index in [2.05, 4.69) is 43.0 Å². The average Bonchev–Trinajstić information content (AvgIpc) is 2.95. The van der Waals surface area contributed by atoms with Crippen molar-refractivity contribution in [2.75, 3.05) is 13.1 Å². The zero-order valence-electron chi connectivity index (χ0n) is 14.9. The summed E-state index contributed by atoms with van der Waals surface area (Å²) in [5.74, 6) is 0.270. The quantitative estimate of drug-likeness (QED) is 0.877. The molecule has 23 heavy (non-hydrogen) atoms. The first-order chi connectivity index (χ1) is 10.9. The van der Waals surface area contributed by atoms with Gasteiger partial charge in [-0.25, -0.2) is 0 Å². The largest absolute Gasteiger partial charge is 0.335 e. The van der Waals surface area contributed by atoms with Crippen molar-refractivity contribution in [1.82, 2.24) is 9.80 Å². The number of carbonyl (C=O) groups is 1. The Kier molecular flexibility index (Phi) is 6.19. The van der Waals surface area contributed by atoms with Gasteiger partial charge in [0.25, 0.3) is 0 Å². The molecule has 2 N–H and O–H groups in total. The average molecular weight is 317 g/mol. The zero-order chi connectivity index (χ0) is 17.0. The number of benzene rings is 1. The van der Waals surface area contributed by atoms with Crippen molar-refractivity contribution in [3.05, 3.63) is 35.9 Å². The molecule has 0 radical (unpaired) electrons. The lowest BCUT2D eigenvalue weighted by atomic mass is 10.0. The minimum Gasteiger partial charge on any atom is -0.335 e. The Morgan fingerprint density at radius 2 is 1.91 bits per heavy atom. The lowest BCUT2D eigenvalue weighted by Gasteiger charge is -2.35. The van der Waals surface area contributed by atoms with Gasteiger partial charge in [0.2, 0.25) is 5.91 Å². The zero-order valence-corrected chi connectivity index (χ0v) is 14.9. The molecule has 1 aliphatic heterocycles. The van der Waals surface area contributed by atoms with E-state index in [9.17, 15) is 4.79 Å². The summed E-state index contributed by atoms with van der Waals surface area (Å²) in [7, 11) is 0. The highest BCUT2D eigenvalue weighted by atomic mass is 16.2. The van der Waals surface area contributed by atoms with Crippen molar-refractivity contribution in [1.29, 1.82) is 0 Å². The van der Waals surface area contributed by atoms with Gasteiger partial charge in [-0.05, 0) is 31.7 Å². The number of carbonyl (C=O) groups excluding carboxylic acids is 1. The molecule has 4 heteroatoms. The maximum atomic E-state index is 12.8. The maximum absolute atomic E-state index is 12.8. The van der Waals surface area contributed by atoms with Crippen LogP contribution in [0.1, 0.15) is 39.7 Å². The van der Waals surface area contributed by atoms with Crippen LogP contribution in [0.25, 0.3) is 0 Å². The van der Waals surface area contributed by atoms with E-state index < -0.39 is 6.04 Å². The van der Waals surface area contributed by atoms with Crippen molar-refractivity contribution in [2.24, 2.45) is 11.7 Å². The van der Waals surface area contributed by atoms with E-state index in [1.165, 1.54) is 5.56 Å². The lowest BCUT2D eigenvalue weighted by Crippen LogP contribution is -2.54. The molecule has 0 aromatic heterocycles. The summed E-state index contributed by atoms with van der Waals surface area (Å²) in [6.45, 7) is 11.1. The molecule has 1 fully saturated rings. The Balaban J connectivity index is 2.00. The molecule has 1 aromatic carbocycles. The fraction of sp³-hybridized carbons (Fsp3) is 0.632. The molecule has 2 unspecified atom stereocenters. The number of hydrogen-bond acceptors (Lipinski definition) is 3. The molecule has 0 bridgehead atoms. The molecule has 0 aliphatic carbocycles. The number of nitrogens with zero attached hydrogens (tertiary/aromatic N) is 2. The fourth-order valence-electron chi connectivity index (χ4n) is 3.34. The first-order valence-electron chi connectivity index (χ1n) is 8.74. The maximum Gasteiger partial charge on any atom is 0.240 e. The van der Waals surface area contributed by atoms with Gasteiger partial charge in [0.1, 0.15) is 0 Å². The van der Waals surface area contributed by atoms with Crippen LogP contribution in [0.2, 0.25) is 0 Å². The molecule has 2 rings (SSSR count). The summed E-state index contributed by atoms with van der Waals surface area (Å²) in [6, 6.07) is 10.6. The molecular weight excluding hydrogens is 286 g/mol. The summed E-state index contributed by atoms with van der Waals surface area (Å²) < 4.78 is 0. The summed E-state index contributed by atoms with van der Waals surface area (Å²) in [6.07, 6.45) is 1.03. The number of likely N-dealkylation sites (tertiary alicyclic amines) is 1. The highest BCUT2D eigenvalue weighted by Gasteiger charge is 2.35. The second-order valence-corrected chi connectivity index (χ2v) is 7.27. The Bertz CT molecular complexity index is 501. The van der Waals surface area contributed by atoms with E-state index in [4.69, 9.17) is 5.73 Å². The molecule has 2 atom stereocenters. The molecule has 0 saturated carbocycles. The molecule has 128 valence electrons. The van der Waals surface area contributed by atoms with Crippen molar-refractivity contribution < 1.29 is 4.79 Å². The first kappa shape index (κ1) is 18.0. The van der Waals surface area contributed by atoms with E-state index in [0.717, 1.165) is 26.1 Å². The number of hydrogen-bond donors (Lipinski definition) is 1. The third kappa shape index (κ3) is 4.55. The van der Waals surface area contributed by atoms with Crippen molar-refractivity contribution in [3.63, 3.8) is 0 Å². The van der Waals surface area contributed by atoms with E-state index >= 15 is 0 Å². The highest BCUT2D eigenvalue weighted by molar-refractivity contribution is 5.82. The van der Waals surface area contributed by atoms with Crippen LogP contribution in [0.4, 0.5) is 0 Å². The molecule has 1 aromatic rings. The number of nitrogens with two attached hydrogens (primary N) is 1. The SMILES string of the molecule is CC(C)C(N)C(=O)N(C(C)C)C1CCN(Cc2ccccc2)C1. The van der Waals surface area contributed by atoms with Gasteiger partial charge < -0.3 is 10.6 Å². The molecule has 1 saturated heterocycles. The van der Waals surface area contributed by atoms with Crippen LogP contribution in [0.15, 0.2) is 30.3 Å². The summed E-state index contributed by atoms with van der Waals surface area (Å²) >= 11 is 0. The Hall–Kier alpha value is -1.39. The van der Waals surface area contributed by atoms with E-state index in [0.29, 0.717) is 0 Å². The van der Waals surface area contributed by atoms with E-state index in [1.54, 1.807) is 0 Å². The summed E-state index contributed by atoms with van der Waals surface area (Å²) in [4.78, 5) is 17.2. The third-order valence-electron chi connectivity index (χ3n) is 4.70. The molecular formula is C19H31N3O. The van der Waals surface area contributed by atoms with Crippen molar-refractivity contribution >= 4 is 5.91 Å². The van der Waals surface area contributed by atoms with Gasteiger partial charge >= 0.3 is 0 Å². The number of amides is 1. The Morgan fingerprint density at radius 3 is 2.48 bits per heavy atom. The van der Waals surface area contributed by atoms with Crippen LogP contribution in [0.3, 0.4) is 0 Å². The van der Waals surface area contributed by atoms with Crippen molar-refractivity contribution in [2.45, 2.75) is 58.8 Å². The minimum absolute atomic E-state index is 0.0987. The monoisotopic (exact) mass is 317 g/mol. The van der Waals surface area contributed by atoms with Crippen LogP contribution in [0, 0.1) is 5.92 Å². The predicted molar refractivity (Wildman–Crippen MR) is 94.9 cm³/mol. The van der Waals surface area contributed by atoms with Crippen LogP contribution in [-0.4, -0.2) is 46.9 Å². The van der Waals surface area contributed by atoms with Crippen LogP contribution < -0.4 is 5.73 Å². The van der Waals surface area contributed by atoms with Gasteiger partial charge in [-0.2, -0.15) is 0 Å². The topological polar surface area (TPSA) is 49.6 Å². The Morgan fingerprint density at radius 1 is 1.26 bits per heavy atom. The fourth-order valence-corrected chi connectivity index (χ4v) is 3.34.